The summed E-state index contributed by atoms with van der Waals surface area (Å²) < 4.78 is 0. The zero-order chi connectivity index (χ0) is 19.0. The Hall–Kier alpha value is -0.570. The lowest BCUT2D eigenvalue weighted by atomic mass is 9.82. The summed E-state index contributed by atoms with van der Waals surface area (Å²) in [4.78, 5) is 10.9. The van der Waals surface area contributed by atoms with Crippen molar-refractivity contribution in [3.63, 3.8) is 0 Å². The minimum atomic E-state index is -0.728. The van der Waals surface area contributed by atoms with Crippen molar-refractivity contribution < 1.29 is 9.90 Å². The van der Waals surface area contributed by atoms with E-state index >= 15 is 0 Å². The maximum atomic E-state index is 10.9. The Morgan fingerprint density at radius 2 is 1.16 bits per heavy atom. The number of nitrogens with two attached hydrogens (primary N) is 1. The van der Waals surface area contributed by atoms with E-state index < -0.39 is 11.5 Å². The fraction of sp³-hybridized carbons (Fsp3) is 0.955. The van der Waals surface area contributed by atoms with Gasteiger partial charge in [0, 0.05) is 12.0 Å². The Morgan fingerprint density at radius 3 is 1.48 bits per heavy atom. The van der Waals surface area contributed by atoms with Gasteiger partial charge in [-0.15, -0.1) is 0 Å². The van der Waals surface area contributed by atoms with Crippen LogP contribution in [0.4, 0.5) is 0 Å². The Kier molecular flexibility index (Phi) is 15.3. The molecule has 3 heteroatoms. The molecular weight excluding hydrogens is 310 g/mol. The van der Waals surface area contributed by atoms with Crippen LogP contribution in [0.15, 0.2) is 0 Å². The normalized spacial score (nSPS) is 13.1. The van der Waals surface area contributed by atoms with Gasteiger partial charge in [0.05, 0.1) is 0 Å². The van der Waals surface area contributed by atoms with E-state index in [0.29, 0.717) is 0 Å². The second-order valence-electron chi connectivity index (χ2n) is 8.50. The number of aliphatic carboxylic acids is 1. The topological polar surface area (TPSA) is 63.3 Å². The van der Waals surface area contributed by atoms with Crippen LogP contribution in [0.3, 0.4) is 0 Å². The summed E-state index contributed by atoms with van der Waals surface area (Å²) in [7, 11) is 0. The summed E-state index contributed by atoms with van der Waals surface area (Å²) in [5.74, 6) is -0.642. The first-order chi connectivity index (χ1) is 11.9. The lowest BCUT2D eigenvalue weighted by molar-refractivity contribution is -0.138. The number of carboxylic acid groups (broad SMARTS) is 1. The van der Waals surface area contributed by atoms with Crippen LogP contribution in [0, 0.1) is 5.92 Å². The van der Waals surface area contributed by atoms with E-state index in [9.17, 15) is 4.79 Å². The van der Waals surface area contributed by atoms with E-state index in [1.54, 1.807) is 0 Å². The first-order valence-corrected chi connectivity index (χ1v) is 10.9. The molecule has 0 aromatic rings. The lowest BCUT2D eigenvalue weighted by Crippen LogP contribution is -2.41. The average molecular weight is 356 g/mol. The van der Waals surface area contributed by atoms with Crippen molar-refractivity contribution in [1.29, 1.82) is 0 Å². The van der Waals surface area contributed by atoms with Gasteiger partial charge in [0.2, 0.25) is 0 Å². The van der Waals surface area contributed by atoms with Crippen molar-refractivity contribution in [2.24, 2.45) is 11.7 Å². The molecule has 0 radical (unpaired) electrons. The van der Waals surface area contributed by atoms with E-state index in [4.69, 9.17) is 10.8 Å². The van der Waals surface area contributed by atoms with Gasteiger partial charge in [0.25, 0.3) is 0 Å². The van der Waals surface area contributed by atoms with Gasteiger partial charge in [-0.3, -0.25) is 4.79 Å². The molecule has 1 unspecified atom stereocenters. The molecule has 0 saturated carbocycles. The maximum Gasteiger partial charge on any atom is 0.303 e. The highest BCUT2D eigenvalue weighted by atomic mass is 16.4. The van der Waals surface area contributed by atoms with E-state index in [1.165, 1.54) is 83.5 Å². The lowest BCUT2D eigenvalue weighted by Gasteiger charge is -2.29. The van der Waals surface area contributed by atoms with Crippen LogP contribution in [0.25, 0.3) is 0 Å². The standard InChI is InChI=1S/C22H45NO2/c1-4-5-6-7-8-9-10-11-12-13-14-15-16-17-18-20(19-21(24)25)22(2,3)23/h20H,4-19,23H2,1-3H3,(H,24,25). The molecule has 0 saturated heterocycles. The minimum Gasteiger partial charge on any atom is -0.481 e. The van der Waals surface area contributed by atoms with Crippen molar-refractivity contribution in [2.75, 3.05) is 0 Å². The van der Waals surface area contributed by atoms with Crippen molar-refractivity contribution in [1.82, 2.24) is 0 Å². The summed E-state index contributed by atoms with van der Waals surface area (Å²) in [5.41, 5.74) is 5.73. The zero-order valence-electron chi connectivity index (χ0n) is 17.3. The van der Waals surface area contributed by atoms with Gasteiger partial charge in [0.15, 0.2) is 0 Å². The number of carboxylic acids is 1. The Morgan fingerprint density at radius 1 is 0.800 bits per heavy atom. The van der Waals surface area contributed by atoms with Crippen LogP contribution >= 0.6 is 0 Å². The first-order valence-electron chi connectivity index (χ1n) is 10.9. The van der Waals surface area contributed by atoms with E-state index in [1.807, 2.05) is 13.8 Å². The van der Waals surface area contributed by atoms with E-state index in [2.05, 4.69) is 6.92 Å². The highest BCUT2D eigenvalue weighted by Crippen LogP contribution is 2.24. The highest BCUT2D eigenvalue weighted by Gasteiger charge is 2.26. The number of unbranched alkanes of at least 4 members (excludes halogenated alkanes) is 13. The first kappa shape index (κ1) is 24.4. The maximum absolute atomic E-state index is 10.9. The number of hydrogen-bond acceptors (Lipinski definition) is 2. The van der Waals surface area contributed by atoms with Gasteiger partial charge < -0.3 is 10.8 Å². The molecule has 0 rings (SSSR count). The van der Waals surface area contributed by atoms with Crippen molar-refractivity contribution in [2.45, 2.75) is 129 Å². The molecule has 0 aliphatic carbocycles. The van der Waals surface area contributed by atoms with Gasteiger partial charge in [0.1, 0.15) is 0 Å². The fourth-order valence-electron chi connectivity index (χ4n) is 3.53. The number of carbonyl (C=O) groups is 1. The SMILES string of the molecule is CCCCCCCCCCCCCCCCC(CC(=O)O)C(C)(C)N. The van der Waals surface area contributed by atoms with Gasteiger partial charge in [-0.05, 0) is 26.2 Å². The quantitative estimate of drug-likeness (QED) is 0.269. The second kappa shape index (κ2) is 15.7. The minimum absolute atomic E-state index is 0.0855. The van der Waals surface area contributed by atoms with Crippen molar-refractivity contribution in [3.8, 4) is 0 Å². The van der Waals surface area contributed by atoms with E-state index in [-0.39, 0.29) is 12.3 Å². The molecule has 3 N–H and O–H groups in total. The molecule has 0 aliphatic rings. The molecule has 0 aliphatic heterocycles. The summed E-state index contributed by atoms with van der Waals surface area (Å²) in [6.07, 6.45) is 20.0. The molecule has 1 atom stereocenters. The predicted octanol–water partition coefficient (Wildman–Crippen LogP) is 6.69. The van der Waals surface area contributed by atoms with Crippen LogP contribution in [-0.2, 0) is 4.79 Å². The summed E-state index contributed by atoms with van der Waals surface area (Å²) in [6, 6.07) is 0. The molecule has 0 fully saturated rings. The van der Waals surface area contributed by atoms with Crippen LogP contribution in [0.1, 0.15) is 124 Å². The Labute approximate surface area is 157 Å². The summed E-state index contributed by atoms with van der Waals surface area (Å²) in [5, 5.41) is 9.01. The fourth-order valence-corrected chi connectivity index (χ4v) is 3.53. The van der Waals surface area contributed by atoms with Crippen LogP contribution in [-0.4, -0.2) is 16.6 Å². The average Bonchev–Trinajstić information content (AvgIpc) is 2.52. The largest absolute Gasteiger partial charge is 0.481 e. The summed E-state index contributed by atoms with van der Waals surface area (Å²) in [6.45, 7) is 6.17. The van der Waals surface area contributed by atoms with Gasteiger partial charge in [-0.1, -0.05) is 96.8 Å². The molecular formula is C22H45NO2. The monoisotopic (exact) mass is 355 g/mol. The van der Waals surface area contributed by atoms with Crippen molar-refractivity contribution >= 4 is 5.97 Å². The van der Waals surface area contributed by atoms with Crippen LogP contribution < -0.4 is 5.73 Å². The molecule has 0 amide bonds. The van der Waals surface area contributed by atoms with E-state index in [0.717, 1.165) is 12.8 Å². The second-order valence-corrected chi connectivity index (χ2v) is 8.50. The molecule has 0 aromatic heterocycles. The van der Waals surface area contributed by atoms with Crippen LogP contribution in [0.5, 0.6) is 0 Å². The molecule has 0 heterocycles. The Balaban J connectivity index is 3.41. The molecule has 150 valence electrons. The van der Waals surface area contributed by atoms with Gasteiger partial charge in [-0.25, -0.2) is 0 Å². The smallest absolute Gasteiger partial charge is 0.303 e. The number of hydrogen-bond donors (Lipinski definition) is 2. The molecule has 0 bridgehead atoms. The van der Waals surface area contributed by atoms with Crippen LogP contribution in [0.2, 0.25) is 0 Å². The third-order valence-electron chi connectivity index (χ3n) is 5.38. The molecule has 0 aromatic carbocycles. The van der Waals surface area contributed by atoms with Gasteiger partial charge >= 0.3 is 5.97 Å². The third kappa shape index (κ3) is 16.6. The third-order valence-corrected chi connectivity index (χ3v) is 5.38. The predicted molar refractivity (Wildman–Crippen MR) is 109 cm³/mol. The zero-order valence-corrected chi connectivity index (χ0v) is 17.3. The Bertz CT molecular complexity index is 310. The summed E-state index contributed by atoms with van der Waals surface area (Å²) >= 11 is 0. The molecule has 25 heavy (non-hydrogen) atoms. The van der Waals surface area contributed by atoms with Gasteiger partial charge in [-0.2, -0.15) is 0 Å². The van der Waals surface area contributed by atoms with Crippen molar-refractivity contribution in [3.05, 3.63) is 0 Å². The molecule has 0 spiro atoms. The highest BCUT2D eigenvalue weighted by molar-refractivity contribution is 5.67. The number of rotatable bonds is 18. The molecule has 3 nitrogen and oxygen atoms in total.